The Morgan fingerprint density at radius 3 is 2.13 bits per heavy atom. The maximum atomic E-state index is 13.3. The molecule has 4 heteroatoms. The Labute approximate surface area is 175 Å². The maximum absolute atomic E-state index is 13.3. The van der Waals surface area contributed by atoms with Crippen LogP contribution in [0, 0.1) is 0 Å². The van der Waals surface area contributed by atoms with Crippen LogP contribution >= 0.6 is 0 Å². The molecule has 150 valence electrons. The normalized spacial score (nSPS) is 11.9. The van der Waals surface area contributed by atoms with Crippen molar-refractivity contribution in [3.8, 4) is 11.1 Å². The molecule has 0 aliphatic rings. The smallest absolute Gasteiger partial charge is 0.344 e. The van der Waals surface area contributed by atoms with Gasteiger partial charge in [-0.1, -0.05) is 85.8 Å². The van der Waals surface area contributed by atoms with Gasteiger partial charge >= 0.3 is 5.63 Å². The molecule has 4 rings (SSSR count). The molecule has 0 saturated carbocycles. The predicted octanol–water partition coefficient (Wildman–Crippen LogP) is 5.21. The first kappa shape index (κ1) is 19.6. The number of amides is 1. The van der Waals surface area contributed by atoms with Crippen molar-refractivity contribution in [2.24, 2.45) is 0 Å². The molecule has 3 aromatic carbocycles. The Kier molecular flexibility index (Phi) is 5.75. The van der Waals surface area contributed by atoms with Gasteiger partial charge in [-0.25, -0.2) is 4.79 Å². The largest absolute Gasteiger partial charge is 0.416 e. The highest BCUT2D eigenvalue weighted by Crippen LogP contribution is 2.30. The lowest BCUT2D eigenvalue weighted by molar-refractivity contribution is 0.0905. The predicted molar refractivity (Wildman–Crippen MR) is 120 cm³/mol. The number of carbonyl (C=O) groups excluding carboxylic acids is 1. The van der Waals surface area contributed by atoms with E-state index in [9.17, 15) is 9.59 Å². The molecule has 1 aromatic heterocycles. The van der Waals surface area contributed by atoms with E-state index in [0.29, 0.717) is 22.8 Å². The molecule has 0 radical (unpaired) electrons. The van der Waals surface area contributed by atoms with E-state index < -0.39 is 5.63 Å². The second kappa shape index (κ2) is 8.78. The van der Waals surface area contributed by atoms with E-state index in [1.54, 1.807) is 12.1 Å². The van der Waals surface area contributed by atoms with Crippen LogP contribution in [0.2, 0.25) is 0 Å². The summed E-state index contributed by atoms with van der Waals surface area (Å²) in [5.41, 5.74) is 2.11. The van der Waals surface area contributed by atoms with Gasteiger partial charge in [0.25, 0.3) is 5.91 Å². The summed E-state index contributed by atoms with van der Waals surface area (Å²) in [4.78, 5) is 25.8. The topological polar surface area (TPSA) is 59.3 Å². The fourth-order valence-corrected chi connectivity index (χ4v) is 3.70. The molecular formula is C26H23NO3. The first-order chi connectivity index (χ1) is 14.7. The van der Waals surface area contributed by atoms with Gasteiger partial charge in [0, 0.05) is 17.0 Å². The van der Waals surface area contributed by atoms with E-state index in [2.05, 4.69) is 5.32 Å². The van der Waals surface area contributed by atoms with Crippen LogP contribution in [0.3, 0.4) is 0 Å². The minimum atomic E-state index is -0.508. The second-order valence-electron chi connectivity index (χ2n) is 7.27. The Hall–Kier alpha value is -3.66. The summed E-state index contributed by atoms with van der Waals surface area (Å²) in [6.07, 6.45) is 1.47. The summed E-state index contributed by atoms with van der Waals surface area (Å²) in [6, 6.07) is 26.7. The molecule has 1 heterocycles. The average molecular weight is 397 g/mol. The summed E-state index contributed by atoms with van der Waals surface area (Å²) in [6.45, 7) is 2.03. The third-order valence-corrected chi connectivity index (χ3v) is 5.26. The van der Waals surface area contributed by atoms with E-state index in [-0.39, 0.29) is 17.7 Å². The van der Waals surface area contributed by atoms with Crippen LogP contribution < -0.4 is 10.9 Å². The van der Waals surface area contributed by atoms with Crippen LogP contribution in [-0.4, -0.2) is 11.9 Å². The van der Waals surface area contributed by atoms with Crippen LogP contribution in [-0.2, 0) is 6.42 Å². The lowest BCUT2D eigenvalue weighted by atomic mass is 9.97. The van der Waals surface area contributed by atoms with Gasteiger partial charge in [0.1, 0.15) is 0 Å². The van der Waals surface area contributed by atoms with Gasteiger partial charge in [-0.2, -0.15) is 0 Å². The van der Waals surface area contributed by atoms with E-state index in [1.807, 2.05) is 79.7 Å². The van der Waals surface area contributed by atoms with Gasteiger partial charge in [-0.05, 0) is 30.0 Å². The van der Waals surface area contributed by atoms with Gasteiger partial charge in [0.05, 0.1) is 5.39 Å². The molecule has 4 aromatic rings. The molecular weight excluding hydrogens is 374 g/mol. The zero-order valence-electron chi connectivity index (χ0n) is 16.8. The Bertz CT molecular complexity index is 1210. The quantitative estimate of drug-likeness (QED) is 0.486. The van der Waals surface area contributed by atoms with Gasteiger partial charge in [-0.15, -0.1) is 0 Å². The number of rotatable bonds is 6. The molecule has 0 fully saturated rings. The number of nitrogens with one attached hydrogen (secondary N) is 1. The van der Waals surface area contributed by atoms with Gasteiger partial charge < -0.3 is 9.73 Å². The SMILES string of the molecule is CC[C@@H](Cc1ccccc1)NC(=O)c1oc(=O)c2ccccc2c1-c1ccccc1. The number of benzene rings is 3. The molecule has 30 heavy (non-hydrogen) atoms. The van der Waals surface area contributed by atoms with Crippen LogP contribution in [0.25, 0.3) is 21.9 Å². The molecule has 0 bridgehead atoms. The summed E-state index contributed by atoms with van der Waals surface area (Å²) < 4.78 is 5.57. The van der Waals surface area contributed by atoms with Gasteiger partial charge in [0.2, 0.25) is 5.76 Å². The number of fused-ring (bicyclic) bond motifs is 1. The van der Waals surface area contributed by atoms with Crippen molar-refractivity contribution in [1.82, 2.24) is 5.32 Å². The number of hydrogen-bond acceptors (Lipinski definition) is 3. The van der Waals surface area contributed by atoms with Crippen LogP contribution in [0.4, 0.5) is 0 Å². The zero-order valence-corrected chi connectivity index (χ0v) is 16.8. The summed E-state index contributed by atoms with van der Waals surface area (Å²) in [5, 5.41) is 4.23. The zero-order chi connectivity index (χ0) is 20.9. The molecule has 0 saturated heterocycles. The molecule has 1 N–H and O–H groups in total. The molecule has 0 aliphatic heterocycles. The third kappa shape index (κ3) is 4.03. The van der Waals surface area contributed by atoms with Crippen molar-refractivity contribution < 1.29 is 9.21 Å². The highest BCUT2D eigenvalue weighted by atomic mass is 16.4. The molecule has 0 aliphatic carbocycles. The van der Waals surface area contributed by atoms with E-state index in [1.165, 1.54) is 0 Å². The van der Waals surface area contributed by atoms with E-state index in [4.69, 9.17) is 4.42 Å². The first-order valence-electron chi connectivity index (χ1n) is 10.1. The van der Waals surface area contributed by atoms with Crippen molar-refractivity contribution >= 4 is 16.7 Å². The Morgan fingerprint density at radius 2 is 1.47 bits per heavy atom. The van der Waals surface area contributed by atoms with Crippen molar-refractivity contribution in [3.05, 3.63) is 107 Å². The maximum Gasteiger partial charge on any atom is 0.344 e. The van der Waals surface area contributed by atoms with Crippen LogP contribution in [0.5, 0.6) is 0 Å². The molecule has 0 spiro atoms. The molecule has 4 nitrogen and oxygen atoms in total. The highest BCUT2D eigenvalue weighted by Gasteiger charge is 2.23. The van der Waals surface area contributed by atoms with Crippen LogP contribution in [0.1, 0.15) is 29.5 Å². The highest BCUT2D eigenvalue weighted by molar-refractivity contribution is 6.07. The third-order valence-electron chi connectivity index (χ3n) is 5.26. The molecule has 1 atom stereocenters. The first-order valence-corrected chi connectivity index (χ1v) is 10.1. The lowest BCUT2D eigenvalue weighted by Crippen LogP contribution is -2.36. The lowest BCUT2D eigenvalue weighted by Gasteiger charge is -2.18. The van der Waals surface area contributed by atoms with Gasteiger partial charge in [0.15, 0.2) is 0 Å². The average Bonchev–Trinajstić information content (AvgIpc) is 2.79. The minimum Gasteiger partial charge on any atom is -0.416 e. The minimum absolute atomic E-state index is 0.0522. The van der Waals surface area contributed by atoms with Crippen molar-refractivity contribution in [2.45, 2.75) is 25.8 Å². The van der Waals surface area contributed by atoms with Crippen molar-refractivity contribution in [3.63, 3.8) is 0 Å². The fourth-order valence-electron chi connectivity index (χ4n) is 3.70. The van der Waals surface area contributed by atoms with Crippen molar-refractivity contribution in [2.75, 3.05) is 0 Å². The van der Waals surface area contributed by atoms with E-state index >= 15 is 0 Å². The Morgan fingerprint density at radius 1 is 0.867 bits per heavy atom. The number of hydrogen-bond donors (Lipinski definition) is 1. The fraction of sp³-hybridized carbons (Fsp3) is 0.154. The summed E-state index contributed by atoms with van der Waals surface area (Å²) in [7, 11) is 0. The van der Waals surface area contributed by atoms with E-state index in [0.717, 1.165) is 17.5 Å². The monoisotopic (exact) mass is 397 g/mol. The second-order valence-corrected chi connectivity index (χ2v) is 7.27. The molecule has 0 unspecified atom stereocenters. The Balaban J connectivity index is 1.76. The van der Waals surface area contributed by atoms with Gasteiger partial charge in [-0.3, -0.25) is 4.79 Å². The standard InChI is InChI=1S/C26H23NO3/c1-2-20(17-18-11-5-3-6-12-18)27-25(28)24-23(19-13-7-4-8-14-19)21-15-9-10-16-22(21)26(29)30-24/h3-16,20H,2,17H2,1H3,(H,27,28)/t20-/m0/s1. The summed E-state index contributed by atoms with van der Waals surface area (Å²) >= 11 is 0. The number of carbonyl (C=O) groups is 1. The van der Waals surface area contributed by atoms with Crippen molar-refractivity contribution in [1.29, 1.82) is 0 Å². The molecule has 1 amide bonds. The van der Waals surface area contributed by atoms with Crippen LogP contribution in [0.15, 0.2) is 94.1 Å². The summed E-state index contributed by atoms with van der Waals surface area (Å²) in [5.74, 6) is -0.323.